The van der Waals surface area contributed by atoms with Gasteiger partial charge in [-0.15, -0.1) is 4.74 Å². The van der Waals surface area contributed by atoms with Gasteiger partial charge in [0.25, 0.3) is 0 Å². The van der Waals surface area contributed by atoms with Crippen LogP contribution in [0.4, 0.5) is 10.6 Å². The molecule has 0 bridgehead atoms. The Labute approximate surface area is 116 Å². The van der Waals surface area contributed by atoms with Gasteiger partial charge in [0.15, 0.2) is 0 Å². The first kappa shape index (κ1) is 14.0. The van der Waals surface area contributed by atoms with E-state index in [0.29, 0.717) is 17.1 Å². The average molecular weight is 275 g/mol. The molecular weight excluding hydrogens is 258 g/mol. The van der Waals surface area contributed by atoms with Crippen LogP contribution in [0.15, 0.2) is 33.7 Å². The Balaban J connectivity index is 2.40. The number of carbonyl (C=O) groups excluding carboxylic acids is 1. The number of hydrogen-bond donors (Lipinski definition) is 0. The minimum absolute atomic E-state index is 0.000423. The second-order valence-electron chi connectivity index (χ2n) is 4.86. The summed E-state index contributed by atoms with van der Waals surface area (Å²) in [6, 6.07) is 4.80. The Morgan fingerprint density at radius 1 is 1.40 bits per heavy atom. The van der Waals surface area contributed by atoms with Crippen molar-refractivity contribution in [1.82, 2.24) is 9.72 Å². The van der Waals surface area contributed by atoms with Crippen LogP contribution in [-0.4, -0.2) is 22.8 Å². The number of aromatic nitrogens is 2. The molecule has 2 aromatic heterocycles. The fourth-order valence-electron chi connectivity index (χ4n) is 2.08. The summed E-state index contributed by atoms with van der Waals surface area (Å²) in [6.07, 6.45) is 1.59. The Morgan fingerprint density at radius 2 is 2.10 bits per heavy atom. The monoisotopic (exact) mass is 275 g/mol. The largest absolute Gasteiger partial charge is 0.363 e. The van der Waals surface area contributed by atoms with Gasteiger partial charge < -0.3 is 4.52 Å². The van der Waals surface area contributed by atoms with E-state index in [2.05, 4.69) is 4.98 Å². The normalized spacial score (nSPS) is 10.8. The van der Waals surface area contributed by atoms with Crippen molar-refractivity contribution in [3.63, 3.8) is 0 Å². The minimum Gasteiger partial charge on any atom is -0.327 e. The highest BCUT2D eigenvalue weighted by Gasteiger charge is 2.23. The molecule has 0 radical (unpaired) electrons. The third kappa shape index (κ3) is 2.36. The van der Waals surface area contributed by atoms with Crippen LogP contribution in [0.25, 0.3) is 0 Å². The smallest absolute Gasteiger partial charge is 0.327 e. The lowest BCUT2D eigenvalue weighted by Crippen LogP contribution is -2.32. The Morgan fingerprint density at radius 3 is 2.60 bits per heavy atom. The van der Waals surface area contributed by atoms with Crippen LogP contribution in [0.2, 0.25) is 0 Å². The van der Waals surface area contributed by atoms with Crippen molar-refractivity contribution in [1.29, 1.82) is 0 Å². The molecule has 2 rings (SSSR count). The SMILES string of the molecule is Cc1c(C(C)C)c(=O)on1C(=O)N(C)c1ccccn1. The van der Waals surface area contributed by atoms with E-state index in [1.54, 1.807) is 38.4 Å². The summed E-state index contributed by atoms with van der Waals surface area (Å²) < 4.78 is 6.07. The molecule has 0 unspecified atom stereocenters. The van der Waals surface area contributed by atoms with Crippen molar-refractivity contribution >= 4 is 11.8 Å². The molecule has 2 heterocycles. The van der Waals surface area contributed by atoms with Gasteiger partial charge >= 0.3 is 11.7 Å². The van der Waals surface area contributed by atoms with Gasteiger partial charge in [-0.1, -0.05) is 19.9 Å². The maximum absolute atomic E-state index is 12.4. The summed E-state index contributed by atoms with van der Waals surface area (Å²) in [7, 11) is 1.58. The van der Waals surface area contributed by atoms with Crippen LogP contribution in [0.3, 0.4) is 0 Å². The number of hydrogen-bond acceptors (Lipinski definition) is 4. The first-order chi connectivity index (χ1) is 9.43. The van der Waals surface area contributed by atoms with E-state index in [1.807, 2.05) is 13.8 Å². The van der Waals surface area contributed by atoms with E-state index in [-0.39, 0.29) is 5.92 Å². The number of amides is 1. The van der Waals surface area contributed by atoms with Crippen LogP contribution in [-0.2, 0) is 0 Å². The number of pyridine rings is 1. The molecule has 0 saturated heterocycles. The van der Waals surface area contributed by atoms with Gasteiger partial charge in [-0.25, -0.2) is 14.6 Å². The second-order valence-corrected chi connectivity index (χ2v) is 4.86. The second kappa shape index (κ2) is 5.32. The summed E-state index contributed by atoms with van der Waals surface area (Å²) in [5.41, 5.74) is 0.575. The van der Waals surface area contributed by atoms with E-state index >= 15 is 0 Å². The molecule has 0 N–H and O–H groups in total. The van der Waals surface area contributed by atoms with Gasteiger partial charge in [0.1, 0.15) is 5.82 Å². The molecule has 20 heavy (non-hydrogen) atoms. The van der Waals surface area contributed by atoms with Crippen molar-refractivity contribution in [3.05, 3.63) is 46.1 Å². The number of carbonyl (C=O) groups is 1. The lowest BCUT2D eigenvalue weighted by Gasteiger charge is -2.15. The summed E-state index contributed by atoms with van der Waals surface area (Å²) in [5.74, 6) is 0.486. The van der Waals surface area contributed by atoms with Crippen LogP contribution in [0, 0.1) is 6.92 Å². The van der Waals surface area contributed by atoms with Gasteiger partial charge in [-0.05, 0) is 25.0 Å². The highest BCUT2D eigenvalue weighted by Crippen LogP contribution is 2.17. The van der Waals surface area contributed by atoms with E-state index in [9.17, 15) is 9.59 Å². The third-order valence-corrected chi connectivity index (χ3v) is 3.12. The fraction of sp³-hybridized carbons (Fsp3) is 0.357. The van der Waals surface area contributed by atoms with E-state index in [0.717, 1.165) is 4.74 Å². The Hall–Kier alpha value is -2.37. The molecule has 0 aliphatic heterocycles. The van der Waals surface area contributed by atoms with Gasteiger partial charge in [-0.2, -0.15) is 0 Å². The maximum Gasteiger partial charge on any atom is 0.363 e. The van der Waals surface area contributed by atoms with E-state index in [1.165, 1.54) is 4.90 Å². The van der Waals surface area contributed by atoms with Crippen molar-refractivity contribution < 1.29 is 9.32 Å². The molecule has 106 valence electrons. The summed E-state index contributed by atoms with van der Waals surface area (Å²) >= 11 is 0. The van der Waals surface area contributed by atoms with Crippen LogP contribution in [0.5, 0.6) is 0 Å². The molecule has 0 aromatic carbocycles. The quantitative estimate of drug-likeness (QED) is 0.843. The minimum atomic E-state index is -0.472. The summed E-state index contributed by atoms with van der Waals surface area (Å²) in [5, 5.41) is 0. The molecule has 0 fully saturated rings. The molecule has 0 atom stereocenters. The molecule has 1 amide bonds. The molecule has 2 aromatic rings. The molecule has 6 heteroatoms. The van der Waals surface area contributed by atoms with Crippen LogP contribution >= 0.6 is 0 Å². The zero-order valence-electron chi connectivity index (χ0n) is 12.0. The Bertz CT molecular complexity index is 671. The average Bonchev–Trinajstić information content (AvgIpc) is 2.73. The van der Waals surface area contributed by atoms with Gasteiger partial charge in [0.05, 0.1) is 11.3 Å². The lowest BCUT2D eigenvalue weighted by atomic mass is 10.1. The van der Waals surface area contributed by atoms with Crippen LogP contribution < -0.4 is 10.5 Å². The predicted molar refractivity (Wildman–Crippen MR) is 75.2 cm³/mol. The van der Waals surface area contributed by atoms with Gasteiger partial charge in [0, 0.05) is 13.2 Å². The predicted octanol–water partition coefficient (Wildman–Crippen LogP) is 2.37. The molecule has 0 aliphatic rings. The zero-order chi connectivity index (χ0) is 14.9. The molecular formula is C14H17N3O3. The van der Waals surface area contributed by atoms with Gasteiger partial charge in [-0.3, -0.25) is 4.90 Å². The first-order valence-corrected chi connectivity index (χ1v) is 6.35. The lowest BCUT2D eigenvalue weighted by molar-refractivity contribution is 0.212. The van der Waals surface area contributed by atoms with E-state index in [4.69, 9.17) is 4.52 Å². The number of nitrogens with zero attached hydrogens (tertiary/aromatic N) is 3. The fourth-order valence-corrected chi connectivity index (χ4v) is 2.08. The highest BCUT2D eigenvalue weighted by atomic mass is 16.5. The first-order valence-electron chi connectivity index (χ1n) is 6.35. The highest BCUT2D eigenvalue weighted by molar-refractivity contribution is 5.91. The van der Waals surface area contributed by atoms with Crippen molar-refractivity contribution in [2.24, 2.45) is 0 Å². The topological polar surface area (TPSA) is 68.3 Å². The van der Waals surface area contributed by atoms with Gasteiger partial charge in [0.2, 0.25) is 0 Å². The summed E-state index contributed by atoms with van der Waals surface area (Å²) in [4.78, 5) is 29.6. The molecule has 0 aliphatic carbocycles. The Kier molecular flexibility index (Phi) is 3.74. The van der Waals surface area contributed by atoms with Crippen molar-refractivity contribution in [2.75, 3.05) is 11.9 Å². The van der Waals surface area contributed by atoms with Crippen LogP contribution in [0.1, 0.15) is 31.0 Å². The third-order valence-electron chi connectivity index (χ3n) is 3.12. The molecule has 0 spiro atoms. The summed E-state index contributed by atoms with van der Waals surface area (Å²) in [6.45, 7) is 5.47. The number of rotatable bonds is 2. The number of anilines is 1. The molecule has 6 nitrogen and oxygen atoms in total. The maximum atomic E-state index is 12.4. The molecule has 0 saturated carbocycles. The van der Waals surface area contributed by atoms with E-state index < -0.39 is 11.7 Å². The van der Waals surface area contributed by atoms with Crippen molar-refractivity contribution in [3.8, 4) is 0 Å². The standard InChI is InChI=1S/C14H17N3O3/c1-9(2)12-10(3)17(20-13(12)18)14(19)16(4)11-7-5-6-8-15-11/h5-9H,1-4H3. The van der Waals surface area contributed by atoms with Crippen molar-refractivity contribution in [2.45, 2.75) is 26.7 Å². The zero-order valence-corrected chi connectivity index (χ0v) is 12.0.